The molecule has 1 atom stereocenters. The van der Waals surface area contributed by atoms with Crippen LogP contribution in [0.1, 0.15) is 65.7 Å². The molecule has 0 aromatic rings. The highest BCUT2D eigenvalue weighted by molar-refractivity contribution is 6.02. The van der Waals surface area contributed by atoms with E-state index in [1.165, 1.54) is 19.3 Å². The summed E-state index contributed by atoms with van der Waals surface area (Å²) in [6.45, 7) is 5.81. The van der Waals surface area contributed by atoms with Crippen molar-refractivity contribution in [2.75, 3.05) is 0 Å². The third-order valence-corrected chi connectivity index (χ3v) is 6.04. The van der Waals surface area contributed by atoms with Crippen molar-refractivity contribution in [3.8, 4) is 0 Å². The largest absolute Gasteiger partial charge is 0.299 e. The van der Waals surface area contributed by atoms with Gasteiger partial charge in [0.05, 0.1) is 5.92 Å². The molecule has 0 aromatic carbocycles. The summed E-state index contributed by atoms with van der Waals surface area (Å²) in [5.74, 6) is 2.84. The maximum Gasteiger partial charge on any atom is 0.144 e. The third-order valence-electron chi connectivity index (χ3n) is 6.04. The molecule has 0 aliphatic heterocycles. The Balaban J connectivity index is 1.87. The highest BCUT2D eigenvalue weighted by atomic mass is 16.1. The Kier molecular flexibility index (Phi) is 3.54. The normalized spacial score (nSPS) is 40.1. The zero-order valence-electron chi connectivity index (χ0n) is 13.2. The van der Waals surface area contributed by atoms with Crippen molar-refractivity contribution < 1.29 is 9.59 Å². The first kappa shape index (κ1) is 14.3. The Morgan fingerprint density at radius 1 is 1.00 bits per heavy atom. The van der Waals surface area contributed by atoms with E-state index in [1.807, 2.05) is 0 Å². The Morgan fingerprint density at radius 3 is 1.80 bits per heavy atom. The van der Waals surface area contributed by atoms with E-state index in [4.69, 9.17) is 0 Å². The Bertz CT molecular complexity index is 386. The number of rotatable bonds is 5. The molecule has 0 N–H and O–H groups in total. The van der Waals surface area contributed by atoms with E-state index < -0.39 is 0 Å². The molecular formula is C18H28O2. The van der Waals surface area contributed by atoms with Gasteiger partial charge in [0.25, 0.3) is 0 Å². The summed E-state index contributed by atoms with van der Waals surface area (Å²) in [5.41, 5.74) is 0.0482. The molecule has 0 radical (unpaired) electrons. The molecule has 4 fully saturated rings. The molecule has 20 heavy (non-hydrogen) atoms. The van der Waals surface area contributed by atoms with Crippen molar-refractivity contribution in [1.82, 2.24) is 0 Å². The predicted octanol–water partition coefficient (Wildman–Crippen LogP) is 4.02. The molecule has 4 aliphatic rings. The standard InChI is InChI=1S/C18H28O2/c1-11(2)4-16(20)17(12(3)19)18-8-13-5-14(9-18)7-15(6-13)10-18/h11,13-15,17H,4-10H2,1-3H3. The molecule has 112 valence electrons. The Labute approximate surface area is 122 Å². The number of carbonyl (C=O) groups excluding carboxylic acids is 2. The Hall–Kier alpha value is -0.660. The zero-order chi connectivity index (χ0) is 14.5. The molecule has 4 rings (SSSR count). The van der Waals surface area contributed by atoms with E-state index in [9.17, 15) is 9.59 Å². The topological polar surface area (TPSA) is 34.1 Å². The second kappa shape index (κ2) is 4.96. The van der Waals surface area contributed by atoms with Crippen molar-refractivity contribution in [1.29, 1.82) is 0 Å². The van der Waals surface area contributed by atoms with Crippen molar-refractivity contribution in [2.45, 2.75) is 65.7 Å². The van der Waals surface area contributed by atoms with Gasteiger partial charge in [-0.2, -0.15) is 0 Å². The van der Waals surface area contributed by atoms with Crippen LogP contribution in [0, 0.1) is 35.0 Å². The van der Waals surface area contributed by atoms with E-state index in [1.54, 1.807) is 6.92 Å². The predicted molar refractivity (Wildman–Crippen MR) is 79.2 cm³/mol. The van der Waals surface area contributed by atoms with Crippen LogP contribution in [0.15, 0.2) is 0 Å². The maximum absolute atomic E-state index is 12.7. The lowest BCUT2D eigenvalue weighted by molar-refractivity contribution is -0.150. The lowest BCUT2D eigenvalue weighted by Crippen LogP contribution is -2.53. The van der Waals surface area contributed by atoms with Crippen LogP contribution in [0.3, 0.4) is 0 Å². The fourth-order valence-electron chi connectivity index (χ4n) is 6.05. The number of ketones is 2. The monoisotopic (exact) mass is 276 g/mol. The number of Topliss-reactive ketones (excluding diaryl/α,β-unsaturated/α-hetero) is 2. The quantitative estimate of drug-likeness (QED) is 0.711. The van der Waals surface area contributed by atoms with E-state index >= 15 is 0 Å². The molecule has 2 heteroatoms. The van der Waals surface area contributed by atoms with Gasteiger partial charge in [0, 0.05) is 6.42 Å². The minimum atomic E-state index is -0.293. The van der Waals surface area contributed by atoms with Gasteiger partial charge < -0.3 is 0 Å². The molecule has 0 spiro atoms. The highest BCUT2D eigenvalue weighted by Crippen LogP contribution is 2.63. The average Bonchev–Trinajstić information content (AvgIpc) is 2.23. The maximum atomic E-state index is 12.7. The smallest absolute Gasteiger partial charge is 0.144 e. The number of hydrogen-bond donors (Lipinski definition) is 0. The molecule has 4 bridgehead atoms. The van der Waals surface area contributed by atoms with Crippen molar-refractivity contribution in [2.24, 2.45) is 35.0 Å². The van der Waals surface area contributed by atoms with E-state index in [0.29, 0.717) is 12.3 Å². The number of hydrogen-bond acceptors (Lipinski definition) is 2. The van der Waals surface area contributed by atoms with Crippen LogP contribution in [-0.4, -0.2) is 11.6 Å². The van der Waals surface area contributed by atoms with Crippen LogP contribution in [0.4, 0.5) is 0 Å². The molecule has 0 amide bonds. The molecular weight excluding hydrogens is 248 g/mol. The van der Waals surface area contributed by atoms with Crippen molar-refractivity contribution in [3.05, 3.63) is 0 Å². The zero-order valence-corrected chi connectivity index (χ0v) is 13.2. The lowest BCUT2D eigenvalue weighted by atomic mass is 9.45. The highest BCUT2D eigenvalue weighted by Gasteiger charge is 2.56. The van der Waals surface area contributed by atoms with E-state index in [0.717, 1.165) is 37.0 Å². The number of carbonyl (C=O) groups is 2. The van der Waals surface area contributed by atoms with Crippen molar-refractivity contribution in [3.63, 3.8) is 0 Å². The van der Waals surface area contributed by atoms with Gasteiger partial charge in [-0.25, -0.2) is 0 Å². The van der Waals surface area contributed by atoms with Gasteiger partial charge in [0.15, 0.2) is 0 Å². The van der Waals surface area contributed by atoms with Crippen LogP contribution in [0.25, 0.3) is 0 Å². The van der Waals surface area contributed by atoms with Crippen LogP contribution in [0.5, 0.6) is 0 Å². The van der Waals surface area contributed by atoms with Gasteiger partial charge in [-0.05, 0) is 74.5 Å². The summed E-state index contributed by atoms with van der Waals surface area (Å²) in [6.07, 6.45) is 8.10. The summed E-state index contributed by atoms with van der Waals surface area (Å²) in [7, 11) is 0. The summed E-state index contributed by atoms with van der Waals surface area (Å²) in [5, 5.41) is 0. The van der Waals surface area contributed by atoms with Gasteiger partial charge >= 0.3 is 0 Å². The molecule has 0 heterocycles. The fourth-order valence-corrected chi connectivity index (χ4v) is 6.05. The lowest BCUT2D eigenvalue weighted by Gasteiger charge is -2.58. The second-order valence-electron chi connectivity index (χ2n) is 8.39. The minimum Gasteiger partial charge on any atom is -0.299 e. The van der Waals surface area contributed by atoms with Gasteiger partial charge in [-0.1, -0.05) is 13.8 Å². The summed E-state index contributed by atoms with van der Waals surface area (Å²) in [4.78, 5) is 25.0. The summed E-state index contributed by atoms with van der Waals surface area (Å²) in [6, 6.07) is 0. The minimum absolute atomic E-state index is 0.0482. The summed E-state index contributed by atoms with van der Waals surface area (Å²) < 4.78 is 0. The molecule has 4 saturated carbocycles. The first-order valence-corrected chi connectivity index (χ1v) is 8.43. The van der Waals surface area contributed by atoms with Crippen molar-refractivity contribution >= 4 is 11.6 Å². The molecule has 0 aromatic heterocycles. The first-order chi connectivity index (χ1) is 9.39. The third kappa shape index (κ3) is 2.35. The fraction of sp³-hybridized carbons (Fsp3) is 0.889. The SMILES string of the molecule is CC(=O)C(C(=O)CC(C)C)C12CC3CC(CC(C3)C1)C2. The first-order valence-electron chi connectivity index (χ1n) is 8.43. The molecule has 2 nitrogen and oxygen atoms in total. The van der Waals surface area contributed by atoms with Gasteiger partial charge in [0.2, 0.25) is 0 Å². The van der Waals surface area contributed by atoms with Crippen LogP contribution in [0.2, 0.25) is 0 Å². The van der Waals surface area contributed by atoms with Gasteiger partial charge in [-0.15, -0.1) is 0 Å². The van der Waals surface area contributed by atoms with Gasteiger partial charge in [-0.3, -0.25) is 9.59 Å². The molecule has 1 unspecified atom stereocenters. The summed E-state index contributed by atoms with van der Waals surface area (Å²) >= 11 is 0. The van der Waals surface area contributed by atoms with E-state index in [-0.39, 0.29) is 22.9 Å². The Morgan fingerprint density at radius 2 is 1.45 bits per heavy atom. The van der Waals surface area contributed by atoms with Gasteiger partial charge in [0.1, 0.15) is 11.6 Å². The molecule has 0 saturated heterocycles. The van der Waals surface area contributed by atoms with Crippen LogP contribution >= 0.6 is 0 Å². The van der Waals surface area contributed by atoms with E-state index in [2.05, 4.69) is 13.8 Å². The average molecular weight is 276 g/mol. The molecule has 4 aliphatic carbocycles. The van der Waals surface area contributed by atoms with Crippen LogP contribution < -0.4 is 0 Å². The van der Waals surface area contributed by atoms with Crippen LogP contribution in [-0.2, 0) is 9.59 Å². The second-order valence-corrected chi connectivity index (χ2v) is 8.39.